The van der Waals surface area contributed by atoms with Crippen molar-refractivity contribution in [3.63, 3.8) is 0 Å². The quantitative estimate of drug-likeness (QED) is 0.531. The zero-order valence-corrected chi connectivity index (χ0v) is 16.3. The Labute approximate surface area is 152 Å². The smallest absolute Gasteiger partial charge is 0.321 e. The van der Waals surface area contributed by atoms with E-state index in [1.54, 1.807) is 0 Å². The second-order valence-electron chi connectivity index (χ2n) is 5.94. The SMILES string of the molecule is CCCCN(CCCC)S(=O)(=O)N(CC(=O)OC)Cc1ccccc1. The molecule has 142 valence electrons. The van der Waals surface area contributed by atoms with Crippen LogP contribution >= 0.6 is 0 Å². The molecule has 0 unspecified atom stereocenters. The van der Waals surface area contributed by atoms with Crippen LogP contribution in [0.2, 0.25) is 0 Å². The normalized spacial score (nSPS) is 11.9. The van der Waals surface area contributed by atoms with Gasteiger partial charge in [-0.3, -0.25) is 4.79 Å². The van der Waals surface area contributed by atoms with Crippen molar-refractivity contribution in [2.75, 3.05) is 26.7 Å². The lowest BCUT2D eigenvalue weighted by Crippen LogP contribution is -2.46. The first-order valence-electron chi connectivity index (χ1n) is 8.81. The van der Waals surface area contributed by atoms with Crippen LogP contribution in [0, 0.1) is 0 Å². The van der Waals surface area contributed by atoms with Gasteiger partial charge in [0.05, 0.1) is 7.11 Å². The molecule has 0 aliphatic carbocycles. The summed E-state index contributed by atoms with van der Waals surface area (Å²) in [6.07, 6.45) is 3.41. The second-order valence-corrected chi connectivity index (χ2v) is 7.87. The van der Waals surface area contributed by atoms with Gasteiger partial charge in [0.15, 0.2) is 0 Å². The van der Waals surface area contributed by atoms with Gasteiger partial charge in [-0.25, -0.2) is 0 Å². The highest BCUT2D eigenvalue weighted by Crippen LogP contribution is 2.16. The van der Waals surface area contributed by atoms with Gasteiger partial charge in [0.2, 0.25) is 0 Å². The highest BCUT2D eigenvalue weighted by atomic mass is 32.2. The Morgan fingerprint density at radius 2 is 1.56 bits per heavy atom. The Morgan fingerprint density at radius 1 is 1.00 bits per heavy atom. The van der Waals surface area contributed by atoms with Crippen molar-refractivity contribution in [1.29, 1.82) is 0 Å². The number of nitrogens with zero attached hydrogens (tertiary/aromatic N) is 2. The van der Waals surface area contributed by atoms with Gasteiger partial charge in [-0.15, -0.1) is 0 Å². The van der Waals surface area contributed by atoms with Gasteiger partial charge >= 0.3 is 5.97 Å². The summed E-state index contributed by atoms with van der Waals surface area (Å²) in [4.78, 5) is 11.8. The highest BCUT2D eigenvalue weighted by Gasteiger charge is 2.31. The van der Waals surface area contributed by atoms with E-state index in [0.717, 1.165) is 31.2 Å². The van der Waals surface area contributed by atoms with E-state index >= 15 is 0 Å². The lowest BCUT2D eigenvalue weighted by atomic mass is 10.2. The number of rotatable bonds is 12. The summed E-state index contributed by atoms with van der Waals surface area (Å²) in [5.74, 6) is -0.564. The van der Waals surface area contributed by atoms with Crippen molar-refractivity contribution in [2.24, 2.45) is 0 Å². The molecule has 0 atom stereocenters. The molecular weight excluding hydrogens is 340 g/mol. The molecule has 1 rings (SSSR count). The molecule has 0 heterocycles. The van der Waals surface area contributed by atoms with Crippen molar-refractivity contribution in [3.8, 4) is 0 Å². The van der Waals surface area contributed by atoms with Crippen LogP contribution in [0.15, 0.2) is 30.3 Å². The predicted octanol–water partition coefficient (Wildman–Crippen LogP) is 2.81. The van der Waals surface area contributed by atoms with Gasteiger partial charge in [-0.05, 0) is 18.4 Å². The van der Waals surface area contributed by atoms with Gasteiger partial charge in [0, 0.05) is 19.6 Å². The first-order valence-corrected chi connectivity index (χ1v) is 10.2. The zero-order chi connectivity index (χ0) is 18.7. The summed E-state index contributed by atoms with van der Waals surface area (Å²) in [7, 11) is -2.48. The van der Waals surface area contributed by atoms with E-state index < -0.39 is 16.2 Å². The minimum atomic E-state index is -3.75. The maximum Gasteiger partial charge on any atom is 0.321 e. The molecule has 0 saturated carbocycles. The minimum Gasteiger partial charge on any atom is -0.468 e. The monoisotopic (exact) mass is 370 g/mol. The fourth-order valence-corrected chi connectivity index (χ4v) is 4.02. The first kappa shape index (κ1) is 21.6. The third kappa shape index (κ3) is 7.13. The molecule has 0 spiro atoms. The lowest BCUT2D eigenvalue weighted by molar-refractivity contribution is -0.140. The lowest BCUT2D eigenvalue weighted by Gasteiger charge is -2.29. The van der Waals surface area contributed by atoms with Crippen LogP contribution in [0.25, 0.3) is 0 Å². The standard InChI is InChI=1S/C18H30N2O4S/c1-4-6-13-19(14-7-5-2)25(22,23)20(16-18(21)24-3)15-17-11-9-8-10-12-17/h8-12H,4-7,13-16H2,1-3H3. The van der Waals surface area contributed by atoms with Crippen LogP contribution in [0.1, 0.15) is 45.1 Å². The summed E-state index contributed by atoms with van der Waals surface area (Å²) >= 11 is 0. The van der Waals surface area contributed by atoms with Crippen molar-refractivity contribution in [2.45, 2.75) is 46.1 Å². The topological polar surface area (TPSA) is 66.9 Å². The average molecular weight is 371 g/mol. The van der Waals surface area contributed by atoms with Crippen LogP contribution in [0.5, 0.6) is 0 Å². The van der Waals surface area contributed by atoms with Crippen molar-refractivity contribution >= 4 is 16.2 Å². The molecule has 0 N–H and O–H groups in total. The van der Waals surface area contributed by atoms with Gasteiger partial charge < -0.3 is 4.74 Å². The molecule has 0 aromatic heterocycles. The molecule has 7 heteroatoms. The maximum atomic E-state index is 13.1. The summed E-state index contributed by atoms with van der Waals surface area (Å²) in [6.45, 7) is 4.84. The second kappa shape index (κ2) is 11.2. The summed E-state index contributed by atoms with van der Waals surface area (Å²) in [6, 6.07) is 9.27. The number of hydrogen-bond donors (Lipinski definition) is 0. The van der Waals surface area contributed by atoms with Crippen molar-refractivity contribution < 1.29 is 17.9 Å². The van der Waals surface area contributed by atoms with Crippen molar-refractivity contribution in [3.05, 3.63) is 35.9 Å². The Hall–Kier alpha value is -1.44. The number of methoxy groups -OCH3 is 1. The maximum absolute atomic E-state index is 13.1. The van der Waals surface area contributed by atoms with Crippen LogP contribution in [-0.2, 0) is 26.3 Å². The molecule has 0 radical (unpaired) electrons. The van der Waals surface area contributed by atoms with Crippen molar-refractivity contribution in [1.82, 2.24) is 8.61 Å². The number of esters is 1. The molecule has 0 saturated heterocycles. The van der Waals surface area contributed by atoms with Crippen LogP contribution < -0.4 is 0 Å². The van der Waals surface area contributed by atoms with Gasteiger partial charge in [0.25, 0.3) is 10.2 Å². The van der Waals surface area contributed by atoms with Crippen LogP contribution in [0.4, 0.5) is 0 Å². The molecule has 0 bridgehead atoms. The molecule has 0 aliphatic heterocycles. The van der Waals surface area contributed by atoms with E-state index in [2.05, 4.69) is 0 Å². The van der Waals surface area contributed by atoms with Gasteiger partial charge in [-0.1, -0.05) is 57.0 Å². The van der Waals surface area contributed by atoms with E-state index in [1.807, 2.05) is 44.2 Å². The Balaban J connectivity index is 3.06. The average Bonchev–Trinajstić information content (AvgIpc) is 2.61. The van der Waals surface area contributed by atoms with Crippen LogP contribution in [0.3, 0.4) is 0 Å². The molecule has 25 heavy (non-hydrogen) atoms. The van der Waals surface area contributed by atoms with E-state index in [0.29, 0.717) is 13.1 Å². The number of benzene rings is 1. The third-order valence-electron chi connectivity index (χ3n) is 3.91. The van der Waals surface area contributed by atoms with E-state index in [4.69, 9.17) is 4.74 Å². The van der Waals surface area contributed by atoms with Crippen LogP contribution in [-0.4, -0.2) is 49.7 Å². The molecular formula is C18H30N2O4S. The summed E-state index contributed by atoms with van der Waals surface area (Å²) < 4.78 is 33.7. The van der Waals surface area contributed by atoms with Gasteiger partial charge in [-0.2, -0.15) is 17.0 Å². The Morgan fingerprint density at radius 3 is 2.04 bits per heavy atom. The Kier molecular flexibility index (Phi) is 9.70. The molecule has 0 fully saturated rings. The molecule has 1 aromatic carbocycles. The van der Waals surface area contributed by atoms with E-state index in [9.17, 15) is 13.2 Å². The number of unbranched alkanes of at least 4 members (excludes halogenated alkanes) is 2. The zero-order valence-electron chi connectivity index (χ0n) is 15.5. The molecule has 0 aliphatic rings. The third-order valence-corrected chi connectivity index (χ3v) is 5.84. The minimum absolute atomic E-state index is 0.146. The predicted molar refractivity (Wildman–Crippen MR) is 99.2 cm³/mol. The molecule has 6 nitrogen and oxygen atoms in total. The Bertz CT molecular complexity index is 597. The largest absolute Gasteiger partial charge is 0.468 e. The van der Waals surface area contributed by atoms with E-state index in [1.165, 1.54) is 15.7 Å². The summed E-state index contributed by atoms with van der Waals surface area (Å²) in [5.41, 5.74) is 0.834. The van der Waals surface area contributed by atoms with E-state index in [-0.39, 0.29) is 13.1 Å². The molecule has 0 amide bonds. The number of carbonyl (C=O) groups excluding carboxylic acids is 1. The fourth-order valence-electron chi connectivity index (χ4n) is 2.39. The molecule has 1 aromatic rings. The number of carbonyl (C=O) groups is 1. The van der Waals surface area contributed by atoms with Gasteiger partial charge in [0.1, 0.15) is 6.54 Å². The summed E-state index contributed by atoms with van der Waals surface area (Å²) in [5, 5.41) is 0. The fraction of sp³-hybridized carbons (Fsp3) is 0.611. The highest BCUT2D eigenvalue weighted by molar-refractivity contribution is 7.86. The number of hydrogen-bond acceptors (Lipinski definition) is 4. The first-order chi connectivity index (χ1) is 12.0. The number of ether oxygens (including phenoxy) is 1.